The lowest BCUT2D eigenvalue weighted by Gasteiger charge is -2.06. The fraction of sp³-hybridized carbons (Fsp3) is 0.0714. The first kappa shape index (κ1) is 12.7. The Morgan fingerprint density at radius 1 is 1.25 bits per heavy atom. The van der Waals surface area contributed by atoms with E-state index in [4.69, 9.17) is 12.2 Å². The molecule has 6 heteroatoms. The molecule has 0 radical (unpaired) electrons. The maximum absolute atomic E-state index is 13.7. The highest BCUT2D eigenvalue weighted by atomic mass is 32.1. The number of hydrogen-bond acceptors (Lipinski definition) is 3. The number of nitrogens with zero attached hydrogens (tertiary/aromatic N) is 3. The molecule has 0 fully saturated rings. The molecule has 0 atom stereocenters. The highest BCUT2D eigenvalue weighted by Gasteiger charge is 2.17. The predicted octanol–water partition coefficient (Wildman–Crippen LogP) is 3.00. The zero-order chi connectivity index (χ0) is 14.3. The van der Waals surface area contributed by atoms with E-state index in [9.17, 15) is 9.18 Å². The van der Waals surface area contributed by atoms with E-state index in [-0.39, 0.29) is 10.3 Å². The van der Waals surface area contributed by atoms with Gasteiger partial charge in [0.05, 0.1) is 5.56 Å². The number of aryl methyl sites for hydroxylation is 1. The zero-order valence-corrected chi connectivity index (χ0v) is 11.4. The highest BCUT2D eigenvalue weighted by Crippen LogP contribution is 2.13. The summed E-state index contributed by atoms with van der Waals surface area (Å²) in [6.07, 6.45) is 1.67. The summed E-state index contributed by atoms with van der Waals surface area (Å²) < 4.78 is 16.6. The van der Waals surface area contributed by atoms with E-state index in [0.29, 0.717) is 5.65 Å². The van der Waals surface area contributed by atoms with Gasteiger partial charge in [-0.25, -0.2) is 8.91 Å². The van der Waals surface area contributed by atoms with Crippen molar-refractivity contribution in [2.45, 2.75) is 6.92 Å². The van der Waals surface area contributed by atoms with Crippen LogP contribution >= 0.6 is 12.2 Å². The highest BCUT2D eigenvalue weighted by molar-refractivity contribution is 7.71. The van der Waals surface area contributed by atoms with Gasteiger partial charge in [0.15, 0.2) is 5.65 Å². The molecule has 4 nitrogen and oxygen atoms in total. The molecule has 3 aromatic rings. The first-order chi connectivity index (χ1) is 9.59. The van der Waals surface area contributed by atoms with Crippen LogP contribution in [0.2, 0.25) is 0 Å². The van der Waals surface area contributed by atoms with Crippen molar-refractivity contribution in [2.75, 3.05) is 0 Å². The molecular formula is C14H10FN3OS. The number of benzene rings is 1. The second-order valence-corrected chi connectivity index (χ2v) is 4.72. The van der Waals surface area contributed by atoms with Gasteiger partial charge >= 0.3 is 0 Å². The third kappa shape index (κ3) is 1.85. The molecule has 0 N–H and O–H groups in total. The van der Waals surface area contributed by atoms with Crippen LogP contribution in [0.4, 0.5) is 4.39 Å². The average molecular weight is 287 g/mol. The van der Waals surface area contributed by atoms with Crippen LogP contribution in [0.5, 0.6) is 0 Å². The van der Waals surface area contributed by atoms with Crippen LogP contribution in [0, 0.1) is 17.5 Å². The Balaban J connectivity index is 2.28. The van der Waals surface area contributed by atoms with Crippen molar-refractivity contribution in [1.82, 2.24) is 14.2 Å². The summed E-state index contributed by atoms with van der Waals surface area (Å²) in [4.78, 5) is 16.7. The molecule has 20 heavy (non-hydrogen) atoms. The number of carbonyl (C=O) groups excluding carboxylic acids is 1. The van der Waals surface area contributed by atoms with Crippen LogP contribution in [-0.4, -0.2) is 20.1 Å². The van der Waals surface area contributed by atoms with Crippen molar-refractivity contribution in [3.8, 4) is 0 Å². The molecule has 0 saturated heterocycles. The largest absolute Gasteiger partial charge is 0.282 e. The number of carbonyl (C=O) groups is 1. The van der Waals surface area contributed by atoms with Gasteiger partial charge in [0.2, 0.25) is 4.77 Å². The number of aromatic nitrogens is 3. The van der Waals surface area contributed by atoms with Crippen LogP contribution in [0.15, 0.2) is 42.6 Å². The van der Waals surface area contributed by atoms with Crippen molar-refractivity contribution >= 4 is 23.8 Å². The van der Waals surface area contributed by atoms with Crippen LogP contribution in [0.1, 0.15) is 15.9 Å². The van der Waals surface area contributed by atoms with Gasteiger partial charge in [-0.3, -0.25) is 4.79 Å². The summed E-state index contributed by atoms with van der Waals surface area (Å²) in [5.41, 5.74) is 1.44. The molecule has 0 bridgehead atoms. The minimum atomic E-state index is -0.581. The van der Waals surface area contributed by atoms with E-state index in [0.717, 1.165) is 5.56 Å². The van der Waals surface area contributed by atoms with Gasteiger partial charge in [-0.1, -0.05) is 18.2 Å². The Labute approximate surface area is 119 Å². The fourth-order valence-electron chi connectivity index (χ4n) is 2.06. The second kappa shape index (κ2) is 4.64. The van der Waals surface area contributed by atoms with Gasteiger partial charge in [-0.15, -0.1) is 0 Å². The molecule has 3 rings (SSSR count). The molecule has 0 spiro atoms. The van der Waals surface area contributed by atoms with Crippen LogP contribution in [0.25, 0.3) is 5.65 Å². The van der Waals surface area contributed by atoms with E-state index in [1.807, 2.05) is 13.0 Å². The number of fused-ring (bicyclic) bond motifs is 1. The monoisotopic (exact) mass is 287 g/mol. The molecule has 1 aromatic carbocycles. The van der Waals surface area contributed by atoms with Gasteiger partial charge < -0.3 is 0 Å². The van der Waals surface area contributed by atoms with Crippen molar-refractivity contribution in [3.05, 3.63) is 64.3 Å². The smallest absolute Gasteiger partial charge is 0.267 e. The lowest BCUT2D eigenvalue weighted by molar-refractivity contribution is 0.0934. The van der Waals surface area contributed by atoms with E-state index in [1.54, 1.807) is 18.3 Å². The number of pyridine rings is 1. The lowest BCUT2D eigenvalue weighted by atomic mass is 10.2. The summed E-state index contributed by atoms with van der Waals surface area (Å²) >= 11 is 5.12. The van der Waals surface area contributed by atoms with Gasteiger partial charge in [0.25, 0.3) is 5.91 Å². The molecule has 0 amide bonds. The fourth-order valence-corrected chi connectivity index (χ4v) is 2.32. The maximum atomic E-state index is 13.7. The molecular weight excluding hydrogens is 277 g/mol. The van der Waals surface area contributed by atoms with Gasteiger partial charge in [0, 0.05) is 6.20 Å². The first-order valence-electron chi connectivity index (χ1n) is 5.96. The summed E-state index contributed by atoms with van der Waals surface area (Å²) in [6, 6.07) is 9.46. The maximum Gasteiger partial charge on any atom is 0.282 e. The third-order valence-corrected chi connectivity index (χ3v) is 3.30. The van der Waals surface area contributed by atoms with Crippen molar-refractivity contribution in [3.63, 3.8) is 0 Å². The van der Waals surface area contributed by atoms with Crippen LogP contribution < -0.4 is 0 Å². The van der Waals surface area contributed by atoms with Crippen LogP contribution in [-0.2, 0) is 0 Å². The van der Waals surface area contributed by atoms with E-state index in [2.05, 4.69) is 4.98 Å². The molecule has 0 saturated carbocycles. The molecule has 0 aliphatic heterocycles. The normalized spacial score (nSPS) is 10.9. The van der Waals surface area contributed by atoms with E-state index in [1.165, 1.54) is 27.4 Å². The molecule has 100 valence electrons. The molecule has 0 unspecified atom stereocenters. The third-order valence-electron chi connectivity index (χ3n) is 3.04. The van der Waals surface area contributed by atoms with Crippen molar-refractivity contribution in [1.29, 1.82) is 0 Å². The van der Waals surface area contributed by atoms with Gasteiger partial charge in [0.1, 0.15) is 5.82 Å². The predicted molar refractivity (Wildman–Crippen MR) is 74.9 cm³/mol. The Hall–Kier alpha value is -2.34. The molecule has 0 aliphatic carbocycles. The average Bonchev–Trinajstić information content (AvgIpc) is 2.76. The topological polar surface area (TPSA) is 39.3 Å². The summed E-state index contributed by atoms with van der Waals surface area (Å²) in [5.74, 6) is -1.12. The number of hydrogen-bond donors (Lipinski definition) is 0. The number of halogens is 1. The first-order valence-corrected chi connectivity index (χ1v) is 6.36. The molecule has 2 aromatic heterocycles. The van der Waals surface area contributed by atoms with Crippen LogP contribution in [0.3, 0.4) is 0 Å². The molecule has 2 heterocycles. The lowest BCUT2D eigenvalue weighted by Crippen LogP contribution is -2.18. The number of rotatable bonds is 1. The summed E-state index contributed by atoms with van der Waals surface area (Å²) in [6.45, 7) is 1.87. The van der Waals surface area contributed by atoms with E-state index < -0.39 is 11.7 Å². The van der Waals surface area contributed by atoms with Gasteiger partial charge in [-0.2, -0.15) is 9.67 Å². The summed E-state index contributed by atoms with van der Waals surface area (Å²) in [7, 11) is 0. The quantitative estimate of drug-likeness (QED) is 0.646. The minimum Gasteiger partial charge on any atom is -0.267 e. The summed E-state index contributed by atoms with van der Waals surface area (Å²) in [5, 5.41) is 0. The second-order valence-electron chi connectivity index (χ2n) is 4.35. The van der Waals surface area contributed by atoms with Crippen molar-refractivity contribution in [2.24, 2.45) is 0 Å². The Kier molecular flexibility index (Phi) is 2.94. The zero-order valence-electron chi connectivity index (χ0n) is 10.6. The Morgan fingerprint density at radius 2 is 2.00 bits per heavy atom. The standard InChI is InChI=1S/C14H10FN3OS/c1-9-5-4-8-17-12(9)16-14(20)18(17)13(19)10-6-2-3-7-11(10)15/h2-8H,1H3. The molecule has 0 aliphatic rings. The Bertz CT molecular complexity index is 882. The van der Waals surface area contributed by atoms with Crippen molar-refractivity contribution < 1.29 is 9.18 Å². The minimum absolute atomic E-state index is 0.0353. The van der Waals surface area contributed by atoms with Gasteiger partial charge in [-0.05, 0) is 42.9 Å². The van der Waals surface area contributed by atoms with E-state index >= 15 is 0 Å². The SMILES string of the molecule is Cc1cccn2c1nc(=S)n2C(=O)c1ccccc1F. The Morgan fingerprint density at radius 3 is 2.75 bits per heavy atom.